The Hall–Kier alpha value is -2.99. The van der Waals surface area contributed by atoms with Crippen molar-refractivity contribution in [3.8, 4) is 0 Å². The molecule has 2 aromatic heterocycles. The van der Waals surface area contributed by atoms with Crippen molar-refractivity contribution in [2.75, 3.05) is 14.1 Å². The molecule has 2 heterocycles. The van der Waals surface area contributed by atoms with E-state index in [9.17, 15) is 9.59 Å². The summed E-state index contributed by atoms with van der Waals surface area (Å²) in [4.78, 5) is 32.1. The predicted molar refractivity (Wildman–Crippen MR) is 121 cm³/mol. The van der Waals surface area contributed by atoms with Gasteiger partial charge in [0.1, 0.15) is 5.69 Å². The lowest BCUT2D eigenvalue weighted by Crippen LogP contribution is -2.30. The number of benzene rings is 1. The molecule has 1 atom stereocenters. The standard InChI is InChI=1S/C24H27N3O2S/c1-5-7-17-9-11-18(12-10-17)22(21-8-6-15-30-21)26-23(28)19-13-14-20(25-16(19)2)24(29)27(3)4/h6,8-15,22H,5,7H2,1-4H3,(H,26,28). The van der Waals surface area contributed by atoms with Crippen LogP contribution in [0.15, 0.2) is 53.9 Å². The zero-order chi connectivity index (χ0) is 21.7. The maximum atomic E-state index is 13.1. The molecule has 156 valence electrons. The minimum atomic E-state index is -0.240. The molecule has 5 nitrogen and oxygen atoms in total. The highest BCUT2D eigenvalue weighted by molar-refractivity contribution is 7.10. The fraction of sp³-hybridized carbons (Fsp3) is 0.292. The Kier molecular flexibility index (Phi) is 7.00. The molecular weight excluding hydrogens is 394 g/mol. The zero-order valence-corrected chi connectivity index (χ0v) is 18.6. The fourth-order valence-electron chi connectivity index (χ4n) is 3.30. The number of hydrogen-bond donors (Lipinski definition) is 1. The van der Waals surface area contributed by atoms with E-state index in [2.05, 4.69) is 41.5 Å². The Balaban J connectivity index is 1.86. The van der Waals surface area contributed by atoms with Crippen LogP contribution < -0.4 is 5.32 Å². The van der Waals surface area contributed by atoms with E-state index >= 15 is 0 Å². The van der Waals surface area contributed by atoms with E-state index in [1.165, 1.54) is 10.5 Å². The highest BCUT2D eigenvalue weighted by atomic mass is 32.1. The minimum absolute atomic E-state index is 0.186. The van der Waals surface area contributed by atoms with Gasteiger partial charge in [-0.1, -0.05) is 43.7 Å². The third kappa shape index (κ3) is 4.94. The lowest BCUT2D eigenvalue weighted by atomic mass is 10.0. The molecule has 1 N–H and O–H groups in total. The molecule has 2 amide bonds. The van der Waals surface area contributed by atoms with Crippen LogP contribution in [0.1, 0.15) is 61.9 Å². The van der Waals surface area contributed by atoms with Gasteiger partial charge in [0.25, 0.3) is 11.8 Å². The van der Waals surface area contributed by atoms with Gasteiger partial charge < -0.3 is 10.2 Å². The normalized spacial score (nSPS) is 11.7. The number of nitrogens with zero attached hydrogens (tertiary/aromatic N) is 2. The van der Waals surface area contributed by atoms with Crippen molar-refractivity contribution in [1.29, 1.82) is 0 Å². The topological polar surface area (TPSA) is 62.3 Å². The Morgan fingerprint density at radius 3 is 2.40 bits per heavy atom. The average Bonchev–Trinajstić information content (AvgIpc) is 3.26. The summed E-state index contributed by atoms with van der Waals surface area (Å²) in [5.74, 6) is -0.395. The highest BCUT2D eigenvalue weighted by Crippen LogP contribution is 2.27. The number of aryl methyl sites for hydroxylation is 2. The van der Waals surface area contributed by atoms with E-state index in [0.717, 1.165) is 23.3 Å². The summed E-state index contributed by atoms with van der Waals surface area (Å²) in [7, 11) is 3.36. The average molecular weight is 422 g/mol. The molecule has 3 rings (SSSR count). The Labute approximate surface area is 181 Å². The number of carbonyl (C=O) groups excluding carboxylic acids is 2. The number of nitrogens with one attached hydrogen (secondary N) is 1. The van der Waals surface area contributed by atoms with Crippen LogP contribution in [0.3, 0.4) is 0 Å². The van der Waals surface area contributed by atoms with E-state index in [1.54, 1.807) is 44.5 Å². The zero-order valence-electron chi connectivity index (χ0n) is 17.8. The molecule has 0 radical (unpaired) electrons. The second-order valence-electron chi connectivity index (χ2n) is 7.44. The van der Waals surface area contributed by atoms with Gasteiger partial charge in [-0.25, -0.2) is 4.98 Å². The first-order valence-electron chi connectivity index (χ1n) is 10.0. The maximum Gasteiger partial charge on any atom is 0.271 e. The summed E-state index contributed by atoms with van der Waals surface area (Å²) in [6, 6.07) is 15.5. The van der Waals surface area contributed by atoms with Crippen LogP contribution in [0.2, 0.25) is 0 Å². The first-order valence-corrected chi connectivity index (χ1v) is 10.9. The van der Waals surface area contributed by atoms with Crippen LogP contribution >= 0.6 is 11.3 Å². The smallest absolute Gasteiger partial charge is 0.271 e. The molecule has 0 saturated carbocycles. The van der Waals surface area contributed by atoms with Gasteiger partial charge >= 0.3 is 0 Å². The van der Waals surface area contributed by atoms with Crippen molar-refractivity contribution in [3.05, 3.63) is 86.9 Å². The third-order valence-corrected chi connectivity index (χ3v) is 5.85. The van der Waals surface area contributed by atoms with Gasteiger partial charge in [0.05, 0.1) is 17.3 Å². The van der Waals surface area contributed by atoms with Gasteiger partial charge in [0.15, 0.2) is 0 Å². The van der Waals surface area contributed by atoms with Gasteiger partial charge in [-0.15, -0.1) is 11.3 Å². The summed E-state index contributed by atoms with van der Waals surface area (Å²) in [5, 5.41) is 5.16. The SMILES string of the molecule is CCCc1ccc(C(NC(=O)c2ccc(C(=O)N(C)C)nc2C)c2cccs2)cc1. The monoisotopic (exact) mass is 421 g/mol. The van der Waals surface area contributed by atoms with Crippen LogP contribution in [0, 0.1) is 6.92 Å². The number of thiophene rings is 1. The molecule has 0 aliphatic heterocycles. The van der Waals surface area contributed by atoms with Crippen LogP contribution in [-0.4, -0.2) is 35.8 Å². The maximum absolute atomic E-state index is 13.1. The molecule has 0 saturated heterocycles. The second-order valence-corrected chi connectivity index (χ2v) is 8.42. The minimum Gasteiger partial charge on any atom is -0.343 e. The molecular formula is C24H27N3O2S. The summed E-state index contributed by atoms with van der Waals surface area (Å²) in [5.41, 5.74) is 3.66. The molecule has 0 spiro atoms. The number of pyridine rings is 1. The van der Waals surface area contributed by atoms with E-state index in [-0.39, 0.29) is 17.9 Å². The van der Waals surface area contributed by atoms with Gasteiger partial charge in [-0.2, -0.15) is 0 Å². The quantitative estimate of drug-likeness (QED) is 0.605. The van der Waals surface area contributed by atoms with Crippen LogP contribution in [0.25, 0.3) is 0 Å². The number of rotatable bonds is 7. The molecule has 1 aromatic carbocycles. The number of hydrogen-bond acceptors (Lipinski definition) is 4. The Bertz CT molecular complexity index is 1010. The third-order valence-electron chi connectivity index (χ3n) is 4.91. The molecule has 0 bridgehead atoms. The lowest BCUT2D eigenvalue weighted by molar-refractivity contribution is 0.0820. The van der Waals surface area contributed by atoms with Crippen LogP contribution in [0.5, 0.6) is 0 Å². The number of carbonyl (C=O) groups is 2. The van der Waals surface area contributed by atoms with Gasteiger partial charge in [-0.05, 0) is 48.1 Å². The molecule has 30 heavy (non-hydrogen) atoms. The number of aromatic nitrogens is 1. The largest absolute Gasteiger partial charge is 0.343 e. The summed E-state index contributed by atoms with van der Waals surface area (Å²) in [6.45, 7) is 3.91. The van der Waals surface area contributed by atoms with Gasteiger partial charge in [0, 0.05) is 19.0 Å². The van der Waals surface area contributed by atoms with Crippen molar-refractivity contribution in [3.63, 3.8) is 0 Å². The summed E-state index contributed by atoms with van der Waals surface area (Å²) < 4.78 is 0. The first kappa shape index (κ1) is 21.7. The molecule has 0 aliphatic rings. The fourth-order valence-corrected chi connectivity index (χ4v) is 4.10. The van der Waals surface area contributed by atoms with Crippen molar-refractivity contribution in [2.45, 2.75) is 32.7 Å². The lowest BCUT2D eigenvalue weighted by Gasteiger charge is -2.19. The van der Waals surface area contributed by atoms with Crippen molar-refractivity contribution < 1.29 is 9.59 Å². The summed E-state index contributed by atoms with van der Waals surface area (Å²) >= 11 is 1.61. The molecule has 1 unspecified atom stereocenters. The molecule has 3 aromatic rings. The first-order chi connectivity index (χ1) is 14.4. The number of amides is 2. The van der Waals surface area contributed by atoms with Gasteiger partial charge in [-0.3, -0.25) is 9.59 Å². The predicted octanol–water partition coefficient (Wildman–Crippen LogP) is 4.63. The van der Waals surface area contributed by atoms with Crippen LogP contribution in [-0.2, 0) is 6.42 Å². The molecule has 6 heteroatoms. The highest BCUT2D eigenvalue weighted by Gasteiger charge is 2.21. The van der Waals surface area contributed by atoms with Crippen molar-refractivity contribution >= 4 is 23.2 Å². The molecule has 0 fully saturated rings. The summed E-state index contributed by atoms with van der Waals surface area (Å²) in [6.07, 6.45) is 2.14. The second kappa shape index (κ2) is 9.67. The Morgan fingerprint density at radius 1 is 1.10 bits per heavy atom. The molecule has 0 aliphatic carbocycles. The van der Waals surface area contributed by atoms with E-state index in [0.29, 0.717) is 17.0 Å². The van der Waals surface area contributed by atoms with E-state index < -0.39 is 0 Å². The Morgan fingerprint density at radius 2 is 1.83 bits per heavy atom. The van der Waals surface area contributed by atoms with Gasteiger partial charge in [0.2, 0.25) is 0 Å². The van der Waals surface area contributed by atoms with E-state index in [1.807, 2.05) is 17.5 Å². The van der Waals surface area contributed by atoms with Crippen molar-refractivity contribution in [2.24, 2.45) is 0 Å². The van der Waals surface area contributed by atoms with Crippen molar-refractivity contribution in [1.82, 2.24) is 15.2 Å². The van der Waals surface area contributed by atoms with E-state index in [4.69, 9.17) is 0 Å². The van der Waals surface area contributed by atoms with Crippen LogP contribution in [0.4, 0.5) is 0 Å².